The number of aliphatic hydroxyl groups is 4. The lowest BCUT2D eigenvalue weighted by Crippen LogP contribution is -2.31. The molecule has 0 atom stereocenters. The molecule has 0 unspecified atom stereocenters. The van der Waals surface area contributed by atoms with Gasteiger partial charge >= 0.3 is 0 Å². The third-order valence-corrected chi connectivity index (χ3v) is 0.645. The Labute approximate surface area is 50.3 Å². The molecule has 0 heterocycles. The van der Waals surface area contributed by atoms with Crippen LogP contribution in [0, 0.1) is 0 Å². The average molecular weight is 137 g/mol. The van der Waals surface area contributed by atoms with Gasteiger partial charge < -0.3 is 25.6 Å². The van der Waals surface area contributed by atoms with Crippen molar-refractivity contribution in [2.45, 2.75) is 12.6 Å². The van der Waals surface area contributed by atoms with Gasteiger partial charge in [-0.25, -0.2) is 0 Å². The lowest BCUT2D eigenvalue weighted by molar-refractivity contribution is -0.0313. The van der Waals surface area contributed by atoms with Crippen LogP contribution in [0.25, 0.3) is 0 Å². The largest absolute Gasteiger partial charge is 0.411 e. The van der Waals surface area contributed by atoms with Gasteiger partial charge in [-0.15, -0.1) is 0 Å². The van der Waals surface area contributed by atoms with Crippen molar-refractivity contribution >= 4 is 5.71 Å². The molecule has 0 fully saturated rings. The highest BCUT2D eigenvalue weighted by molar-refractivity contribution is 5.89. The zero-order valence-corrected chi connectivity index (χ0v) is 4.34. The fraction of sp³-hybridized carbons (Fsp3) is 0.667. The first-order valence-corrected chi connectivity index (χ1v) is 2.03. The topological polar surface area (TPSA) is 114 Å². The summed E-state index contributed by atoms with van der Waals surface area (Å²) in [6.07, 6.45) is -4.29. The summed E-state index contributed by atoms with van der Waals surface area (Å²) >= 11 is 0. The lowest BCUT2D eigenvalue weighted by atomic mass is 10.3. The third kappa shape index (κ3) is 2.38. The Kier molecular flexibility index (Phi) is 3.10. The Morgan fingerprint density at radius 3 is 1.33 bits per heavy atom. The van der Waals surface area contributed by atoms with Crippen LogP contribution >= 0.6 is 0 Å². The molecule has 9 heavy (non-hydrogen) atoms. The van der Waals surface area contributed by atoms with Gasteiger partial charge in [0.15, 0.2) is 5.71 Å². The van der Waals surface area contributed by atoms with Crippen LogP contribution in [-0.4, -0.2) is 43.9 Å². The van der Waals surface area contributed by atoms with Crippen LogP contribution in [0.5, 0.6) is 0 Å². The Bertz CT molecular complexity index is 98.8. The molecule has 0 aromatic carbocycles. The van der Waals surface area contributed by atoms with Gasteiger partial charge in [0.25, 0.3) is 0 Å². The van der Waals surface area contributed by atoms with Gasteiger partial charge in [-0.3, -0.25) is 0 Å². The van der Waals surface area contributed by atoms with Crippen LogP contribution in [0.2, 0.25) is 0 Å². The van der Waals surface area contributed by atoms with E-state index in [-0.39, 0.29) is 0 Å². The van der Waals surface area contributed by atoms with Crippen molar-refractivity contribution in [3.8, 4) is 0 Å². The Balaban J connectivity index is 4.01. The lowest BCUT2D eigenvalue weighted by Gasteiger charge is -2.06. The molecule has 6 nitrogen and oxygen atoms in total. The van der Waals surface area contributed by atoms with E-state index in [1.165, 1.54) is 0 Å². The van der Waals surface area contributed by atoms with Gasteiger partial charge in [0, 0.05) is 0 Å². The Morgan fingerprint density at radius 1 is 1.00 bits per heavy atom. The molecule has 0 amide bonds. The van der Waals surface area contributed by atoms with E-state index in [2.05, 4.69) is 5.16 Å². The first-order chi connectivity index (χ1) is 4.09. The molecule has 5 N–H and O–H groups in total. The van der Waals surface area contributed by atoms with Crippen LogP contribution < -0.4 is 0 Å². The second kappa shape index (κ2) is 3.36. The number of aliphatic hydroxyl groups excluding tert-OH is 2. The molecule has 0 aliphatic heterocycles. The van der Waals surface area contributed by atoms with E-state index in [9.17, 15) is 0 Å². The van der Waals surface area contributed by atoms with Gasteiger partial charge in [0.2, 0.25) is 12.6 Å². The highest BCUT2D eigenvalue weighted by Gasteiger charge is 2.16. The summed E-state index contributed by atoms with van der Waals surface area (Å²) < 4.78 is 0. The fourth-order valence-corrected chi connectivity index (χ4v) is 0.237. The van der Waals surface area contributed by atoms with Crippen LogP contribution in [0.3, 0.4) is 0 Å². The molecular formula is C3H7NO5. The van der Waals surface area contributed by atoms with E-state index < -0.39 is 18.3 Å². The highest BCUT2D eigenvalue weighted by atomic mass is 16.5. The highest BCUT2D eigenvalue weighted by Crippen LogP contribution is 1.87. The van der Waals surface area contributed by atoms with Crippen molar-refractivity contribution in [1.29, 1.82) is 0 Å². The Morgan fingerprint density at radius 2 is 1.33 bits per heavy atom. The molecule has 6 heteroatoms. The minimum Gasteiger partial charge on any atom is -0.411 e. The molecule has 0 saturated heterocycles. The smallest absolute Gasteiger partial charge is 0.200 e. The van der Waals surface area contributed by atoms with Crippen LogP contribution in [0.15, 0.2) is 5.16 Å². The van der Waals surface area contributed by atoms with Crippen LogP contribution in [0.4, 0.5) is 0 Å². The second-order valence-electron chi connectivity index (χ2n) is 1.27. The predicted octanol–water partition coefficient (Wildman–Crippen LogP) is -2.56. The molecule has 0 saturated carbocycles. The molecule has 0 aromatic rings. The number of oxime groups is 1. The van der Waals surface area contributed by atoms with E-state index in [1.54, 1.807) is 0 Å². The van der Waals surface area contributed by atoms with Crippen molar-refractivity contribution in [3.05, 3.63) is 0 Å². The van der Waals surface area contributed by atoms with Crippen LogP contribution in [-0.2, 0) is 0 Å². The van der Waals surface area contributed by atoms with Crippen molar-refractivity contribution in [2.75, 3.05) is 0 Å². The van der Waals surface area contributed by atoms with Gasteiger partial charge in [-0.05, 0) is 0 Å². The van der Waals surface area contributed by atoms with Gasteiger partial charge in [0.1, 0.15) is 0 Å². The molecule has 0 aromatic heterocycles. The number of hydrogen-bond donors (Lipinski definition) is 5. The average Bonchev–Trinajstić information content (AvgIpc) is 1.64. The maximum atomic E-state index is 8.13. The van der Waals surface area contributed by atoms with E-state index in [0.717, 1.165) is 0 Å². The molecule has 54 valence electrons. The number of nitrogens with zero attached hydrogens (tertiary/aromatic N) is 1. The van der Waals surface area contributed by atoms with Crippen molar-refractivity contribution < 1.29 is 25.6 Å². The molecule has 0 bridgehead atoms. The molecule has 0 aliphatic carbocycles. The molecule has 0 spiro atoms. The summed E-state index contributed by atoms with van der Waals surface area (Å²) in [6, 6.07) is 0. The number of rotatable bonds is 2. The summed E-state index contributed by atoms with van der Waals surface area (Å²) in [6.45, 7) is 0. The normalized spacial score (nSPS) is 10.4. The van der Waals surface area contributed by atoms with Gasteiger partial charge in [-0.1, -0.05) is 5.16 Å². The molecule has 0 aliphatic rings. The van der Waals surface area contributed by atoms with Crippen molar-refractivity contribution in [1.82, 2.24) is 0 Å². The van der Waals surface area contributed by atoms with E-state index in [0.29, 0.717) is 0 Å². The first-order valence-electron chi connectivity index (χ1n) is 2.03. The number of hydrogen-bond acceptors (Lipinski definition) is 6. The Hall–Kier alpha value is -0.690. The van der Waals surface area contributed by atoms with Gasteiger partial charge in [-0.2, -0.15) is 0 Å². The van der Waals surface area contributed by atoms with Crippen LogP contribution in [0.1, 0.15) is 0 Å². The van der Waals surface area contributed by atoms with Gasteiger partial charge in [0.05, 0.1) is 0 Å². The first kappa shape index (κ1) is 8.31. The van der Waals surface area contributed by atoms with Crippen molar-refractivity contribution in [2.24, 2.45) is 5.16 Å². The maximum absolute atomic E-state index is 8.13. The molecule has 0 rings (SSSR count). The zero-order valence-electron chi connectivity index (χ0n) is 4.34. The van der Waals surface area contributed by atoms with E-state index >= 15 is 0 Å². The standard InChI is InChI=1S/C3H7NO5/c5-2(6)1(4-9)3(7)8/h2-3,5-9H. The summed E-state index contributed by atoms with van der Waals surface area (Å²) in [5, 5.41) is 42.5. The second-order valence-corrected chi connectivity index (χ2v) is 1.27. The van der Waals surface area contributed by atoms with Crippen molar-refractivity contribution in [3.63, 3.8) is 0 Å². The minimum absolute atomic E-state index is 0.907. The van der Waals surface area contributed by atoms with E-state index in [1.807, 2.05) is 0 Å². The summed E-state index contributed by atoms with van der Waals surface area (Å²) in [5.41, 5.74) is -0.907. The summed E-state index contributed by atoms with van der Waals surface area (Å²) in [5.74, 6) is 0. The fourth-order valence-electron chi connectivity index (χ4n) is 0.237. The van der Waals surface area contributed by atoms with E-state index in [4.69, 9.17) is 25.6 Å². The zero-order chi connectivity index (χ0) is 7.44. The molecule has 0 radical (unpaired) electrons. The monoisotopic (exact) mass is 137 g/mol. The predicted molar refractivity (Wildman–Crippen MR) is 25.7 cm³/mol. The summed E-state index contributed by atoms with van der Waals surface area (Å²) in [4.78, 5) is 0. The molecular weight excluding hydrogens is 130 g/mol. The third-order valence-electron chi connectivity index (χ3n) is 0.645. The summed E-state index contributed by atoms with van der Waals surface area (Å²) in [7, 11) is 0. The quantitative estimate of drug-likeness (QED) is 0.124. The minimum atomic E-state index is -2.14. The maximum Gasteiger partial charge on any atom is 0.200 e. The SMILES string of the molecule is ON=C(C(O)O)C(O)O.